The number of nitrogens with one attached hydrogen (secondary N) is 1. The smallest absolute Gasteiger partial charge is 0.255 e. The number of hydrogen-bond acceptors (Lipinski definition) is 4. The SMILES string of the molecule is COc1ccc(OCc2ccc(C(=O)Nc3c(C)nn(Cc4ccccc4Cl)c3C)cc2)cc1. The zero-order valence-corrected chi connectivity index (χ0v) is 20.1. The van der Waals surface area contributed by atoms with Gasteiger partial charge in [-0.05, 0) is 67.4 Å². The third-order valence-electron chi connectivity index (χ3n) is 5.58. The van der Waals surface area contributed by atoms with Crippen LogP contribution in [0.15, 0.2) is 72.8 Å². The van der Waals surface area contributed by atoms with Crippen LogP contribution in [-0.4, -0.2) is 22.8 Å². The first kappa shape index (κ1) is 23.4. The molecule has 1 amide bonds. The molecule has 0 unspecified atom stereocenters. The summed E-state index contributed by atoms with van der Waals surface area (Å²) in [7, 11) is 1.63. The molecule has 0 aliphatic carbocycles. The number of rotatable bonds is 8. The molecule has 4 aromatic rings. The average Bonchev–Trinajstić information content (AvgIpc) is 3.12. The lowest BCUT2D eigenvalue weighted by molar-refractivity contribution is 0.102. The molecule has 0 atom stereocenters. The minimum Gasteiger partial charge on any atom is -0.497 e. The van der Waals surface area contributed by atoms with Gasteiger partial charge in [-0.3, -0.25) is 9.48 Å². The van der Waals surface area contributed by atoms with Crippen molar-refractivity contribution in [1.82, 2.24) is 9.78 Å². The molecule has 4 rings (SSSR count). The molecular formula is C27H26ClN3O3. The Balaban J connectivity index is 1.39. The number of carbonyl (C=O) groups is 1. The zero-order chi connectivity index (χ0) is 24.1. The highest BCUT2D eigenvalue weighted by Gasteiger charge is 2.16. The highest BCUT2D eigenvalue weighted by atomic mass is 35.5. The fraction of sp³-hybridized carbons (Fsp3) is 0.185. The average molecular weight is 476 g/mol. The molecular weight excluding hydrogens is 450 g/mol. The first-order chi connectivity index (χ1) is 16.4. The number of aromatic nitrogens is 2. The maximum absolute atomic E-state index is 12.9. The molecule has 0 radical (unpaired) electrons. The van der Waals surface area contributed by atoms with Crippen LogP contribution in [0.1, 0.15) is 32.9 Å². The molecule has 0 aliphatic rings. The van der Waals surface area contributed by atoms with Crippen molar-refractivity contribution in [2.24, 2.45) is 0 Å². The lowest BCUT2D eigenvalue weighted by Crippen LogP contribution is -2.13. The normalized spacial score (nSPS) is 10.7. The Morgan fingerprint density at radius 2 is 1.65 bits per heavy atom. The van der Waals surface area contributed by atoms with Crippen LogP contribution in [0.2, 0.25) is 5.02 Å². The number of nitrogens with zero attached hydrogens (tertiary/aromatic N) is 2. The summed E-state index contributed by atoms with van der Waals surface area (Å²) in [6.45, 7) is 4.75. The molecule has 0 aliphatic heterocycles. The van der Waals surface area contributed by atoms with Crippen molar-refractivity contribution in [3.8, 4) is 11.5 Å². The Kier molecular flexibility index (Phi) is 7.18. The van der Waals surface area contributed by atoms with E-state index in [1.54, 1.807) is 19.2 Å². The van der Waals surface area contributed by atoms with Crippen molar-refractivity contribution in [3.05, 3.63) is 106 Å². The fourth-order valence-electron chi connectivity index (χ4n) is 3.60. The maximum Gasteiger partial charge on any atom is 0.255 e. The Morgan fingerprint density at radius 1 is 0.971 bits per heavy atom. The summed E-state index contributed by atoms with van der Waals surface area (Å²) in [6.07, 6.45) is 0. The van der Waals surface area contributed by atoms with E-state index in [-0.39, 0.29) is 5.91 Å². The summed E-state index contributed by atoms with van der Waals surface area (Å²) < 4.78 is 12.8. The van der Waals surface area contributed by atoms with Crippen molar-refractivity contribution in [3.63, 3.8) is 0 Å². The van der Waals surface area contributed by atoms with Crippen LogP contribution in [0.25, 0.3) is 0 Å². The van der Waals surface area contributed by atoms with Gasteiger partial charge in [0.15, 0.2) is 0 Å². The van der Waals surface area contributed by atoms with Crippen LogP contribution in [-0.2, 0) is 13.2 Å². The van der Waals surface area contributed by atoms with Gasteiger partial charge in [-0.1, -0.05) is 41.9 Å². The van der Waals surface area contributed by atoms with Gasteiger partial charge in [0.25, 0.3) is 5.91 Å². The van der Waals surface area contributed by atoms with Crippen molar-refractivity contribution in [2.75, 3.05) is 12.4 Å². The predicted molar refractivity (Wildman–Crippen MR) is 134 cm³/mol. The number of hydrogen-bond donors (Lipinski definition) is 1. The van der Waals surface area contributed by atoms with Gasteiger partial charge >= 0.3 is 0 Å². The minimum absolute atomic E-state index is 0.189. The van der Waals surface area contributed by atoms with E-state index in [9.17, 15) is 4.79 Å². The number of methoxy groups -OCH3 is 1. The Bertz CT molecular complexity index is 1280. The summed E-state index contributed by atoms with van der Waals surface area (Å²) in [6, 6.07) is 22.4. The van der Waals surface area contributed by atoms with Gasteiger partial charge in [0.2, 0.25) is 0 Å². The van der Waals surface area contributed by atoms with Gasteiger partial charge in [0.05, 0.1) is 30.7 Å². The van der Waals surface area contributed by atoms with E-state index in [1.165, 1.54) is 0 Å². The lowest BCUT2D eigenvalue weighted by Gasteiger charge is -2.09. The summed E-state index contributed by atoms with van der Waals surface area (Å²) in [4.78, 5) is 12.9. The van der Waals surface area contributed by atoms with Crippen LogP contribution in [0.3, 0.4) is 0 Å². The van der Waals surface area contributed by atoms with Crippen LogP contribution in [0.5, 0.6) is 11.5 Å². The molecule has 34 heavy (non-hydrogen) atoms. The van der Waals surface area contributed by atoms with E-state index in [2.05, 4.69) is 10.4 Å². The van der Waals surface area contributed by atoms with Crippen molar-refractivity contribution in [2.45, 2.75) is 27.0 Å². The van der Waals surface area contributed by atoms with Gasteiger partial charge in [-0.25, -0.2) is 0 Å². The zero-order valence-electron chi connectivity index (χ0n) is 19.3. The number of carbonyl (C=O) groups excluding carboxylic acids is 1. The van der Waals surface area contributed by atoms with E-state index in [4.69, 9.17) is 21.1 Å². The Morgan fingerprint density at radius 3 is 2.32 bits per heavy atom. The largest absolute Gasteiger partial charge is 0.497 e. The first-order valence-corrected chi connectivity index (χ1v) is 11.3. The maximum atomic E-state index is 12.9. The Labute approximate surface area is 204 Å². The third-order valence-corrected chi connectivity index (χ3v) is 5.95. The second-order valence-corrected chi connectivity index (χ2v) is 8.32. The predicted octanol–water partition coefficient (Wildman–Crippen LogP) is 6.04. The van der Waals surface area contributed by atoms with Crippen LogP contribution in [0, 0.1) is 13.8 Å². The highest BCUT2D eigenvalue weighted by Crippen LogP contribution is 2.24. The summed E-state index contributed by atoms with van der Waals surface area (Å²) in [5, 5.41) is 8.29. The highest BCUT2D eigenvalue weighted by molar-refractivity contribution is 6.31. The first-order valence-electron chi connectivity index (χ1n) is 10.9. The van der Waals surface area contributed by atoms with Gasteiger partial charge in [0, 0.05) is 10.6 Å². The number of amides is 1. The number of ether oxygens (including phenoxy) is 2. The van der Waals surface area contributed by atoms with Crippen molar-refractivity contribution >= 4 is 23.2 Å². The summed E-state index contributed by atoms with van der Waals surface area (Å²) in [5.41, 5.74) is 4.83. The van der Waals surface area contributed by atoms with Crippen LogP contribution < -0.4 is 14.8 Å². The number of anilines is 1. The molecule has 7 heteroatoms. The second-order valence-electron chi connectivity index (χ2n) is 7.91. The molecule has 6 nitrogen and oxygen atoms in total. The number of benzene rings is 3. The molecule has 0 saturated carbocycles. The van der Waals surface area contributed by atoms with Crippen molar-refractivity contribution in [1.29, 1.82) is 0 Å². The number of aryl methyl sites for hydroxylation is 1. The van der Waals surface area contributed by atoms with Gasteiger partial charge < -0.3 is 14.8 Å². The third kappa shape index (κ3) is 5.41. The number of halogens is 1. The monoisotopic (exact) mass is 475 g/mol. The molecule has 0 fully saturated rings. The molecule has 174 valence electrons. The molecule has 0 saturated heterocycles. The molecule has 1 heterocycles. The van der Waals surface area contributed by atoms with Gasteiger partial charge in [-0.2, -0.15) is 5.10 Å². The van der Waals surface area contributed by atoms with Crippen molar-refractivity contribution < 1.29 is 14.3 Å². The minimum atomic E-state index is -0.189. The van der Waals surface area contributed by atoms with Gasteiger partial charge in [0.1, 0.15) is 18.1 Å². The van der Waals surface area contributed by atoms with E-state index < -0.39 is 0 Å². The lowest BCUT2D eigenvalue weighted by atomic mass is 10.1. The van der Waals surface area contributed by atoms with E-state index in [0.717, 1.165) is 34.0 Å². The quantitative estimate of drug-likeness (QED) is 0.337. The fourth-order valence-corrected chi connectivity index (χ4v) is 3.79. The molecule has 1 aromatic heterocycles. The van der Waals surface area contributed by atoms with E-state index in [1.807, 2.05) is 79.2 Å². The molecule has 3 aromatic carbocycles. The molecule has 0 spiro atoms. The summed E-state index contributed by atoms with van der Waals surface area (Å²) >= 11 is 6.29. The van der Waals surface area contributed by atoms with Crippen LogP contribution in [0.4, 0.5) is 5.69 Å². The van der Waals surface area contributed by atoms with E-state index in [0.29, 0.717) is 29.4 Å². The van der Waals surface area contributed by atoms with E-state index >= 15 is 0 Å². The van der Waals surface area contributed by atoms with Crippen LogP contribution >= 0.6 is 11.6 Å². The second kappa shape index (κ2) is 10.4. The standard InChI is InChI=1S/C27H26ClN3O3/c1-18-26(19(2)31(30-18)16-22-6-4-5-7-25(22)28)29-27(32)21-10-8-20(9-11-21)17-34-24-14-12-23(33-3)13-15-24/h4-15H,16-17H2,1-3H3,(H,29,32). The topological polar surface area (TPSA) is 65.4 Å². The Hall–Kier alpha value is -3.77. The summed E-state index contributed by atoms with van der Waals surface area (Å²) in [5.74, 6) is 1.34. The molecule has 0 bridgehead atoms. The molecule has 1 N–H and O–H groups in total. The van der Waals surface area contributed by atoms with Gasteiger partial charge in [-0.15, -0.1) is 0 Å².